The zero-order valence-electron chi connectivity index (χ0n) is 14.3. The van der Waals surface area contributed by atoms with Crippen LogP contribution in [0.15, 0.2) is 16.7 Å². The zero-order valence-corrected chi connectivity index (χ0v) is 15.1. The molecular weight excluding hydrogens is 330 g/mol. The Labute approximate surface area is 149 Å². The van der Waals surface area contributed by atoms with Crippen molar-refractivity contribution < 1.29 is 14.0 Å². The van der Waals surface area contributed by atoms with Gasteiger partial charge in [-0.05, 0) is 25.3 Å². The van der Waals surface area contributed by atoms with Crippen LogP contribution in [0.2, 0.25) is 0 Å². The summed E-state index contributed by atoms with van der Waals surface area (Å²) in [6.45, 7) is 4.39. The van der Waals surface area contributed by atoms with Gasteiger partial charge in [0.15, 0.2) is 0 Å². The first kappa shape index (κ1) is 20.5. The lowest BCUT2D eigenvalue weighted by Gasteiger charge is -2.31. The van der Waals surface area contributed by atoms with Crippen LogP contribution in [-0.2, 0) is 11.3 Å². The maximum Gasteiger partial charge on any atom is 0.257 e. The van der Waals surface area contributed by atoms with E-state index in [2.05, 4.69) is 12.2 Å². The number of carbonyl (C=O) groups excluding carboxylic acids is 2. The van der Waals surface area contributed by atoms with Crippen molar-refractivity contribution in [1.29, 1.82) is 0 Å². The molecule has 2 rings (SSSR count). The van der Waals surface area contributed by atoms with Crippen LogP contribution < -0.4 is 11.1 Å². The molecule has 2 heterocycles. The van der Waals surface area contributed by atoms with Crippen LogP contribution >= 0.6 is 12.4 Å². The van der Waals surface area contributed by atoms with E-state index >= 15 is 0 Å². The zero-order chi connectivity index (χ0) is 16.7. The van der Waals surface area contributed by atoms with Crippen LogP contribution in [0.25, 0.3) is 0 Å². The van der Waals surface area contributed by atoms with Crippen LogP contribution in [0.5, 0.6) is 0 Å². The van der Waals surface area contributed by atoms with E-state index in [4.69, 9.17) is 10.2 Å². The molecule has 1 aromatic heterocycles. The number of likely N-dealkylation sites (tertiary alicyclic amines) is 1. The van der Waals surface area contributed by atoms with Gasteiger partial charge in [-0.15, -0.1) is 12.4 Å². The minimum absolute atomic E-state index is 0. The second-order valence-electron chi connectivity index (χ2n) is 6.07. The molecular formula is C17H28ClN3O3. The third-order valence-electron chi connectivity index (χ3n) is 4.33. The molecule has 1 saturated heterocycles. The number of piperidine rings is 1. The van der Waals surface area contributed by atoms with Gasteiger partial charge in [0.2, 0.25) is 5.91 Å². The van der Waals surface area contributed by atoms with Crippen molar-refractivity contribution in [3.63, 3.8) is 0 Å². The first-order chi connectivity index (χ1) is 11.2. The first-order valence-electron chi connectivity index (χ1n) is 8.50. The summed E-state index contributed by atoms with van der Waals surface area (Å²) in [7, 11) is 0. The number of carbonyl (C=O) groups is 2. The summed E-state index contributed by atoms with van der Waals surface area (Å²) in [5.74, 6) is 0.705. The second kappa shape index (κ2) is 10.4. The van der Waals surface area contributed by atoms with Gasteiger partial charge in [-0.25, -0.2) is 0 Å². The SMILES string of the molecule is CCCCCNC(=O)C1CCN(C(=O)c2coc(CN)c2)CC1.Cl. The minimum Gasteiger partial charge on any atom is -0.467 e. The molecule has 1 aliphatic heterocycles. The number of nitrogens with two attached hydrogens (primary N) is 1. The van der Waals surface area contributed by atoms with Crippen molar-refractivity contribution in [3.05, 3.63) is 23.7 Å². The van der Waals surface area contributed by atoms with Crippen molar-refractivity contribution >= 4 is 24.2 Å². The number of nitrogens with one attached hydrogen (secondary N) is 1. The van der Waals surface area contributed by atoms with Gasteiger partial charge in [-0.3, -0.25) is 9.59 Å². The Hall–Kier alpha value is -1.53. The number of amides is 2. The average molecular weight is 358 g/mol. The summed E-state index contributed by atoms with van der Waals surface area (Å²) >= 11 is 0. The molecule has 6 nitrogen and oxygen atoms in total. The molecule has 0 spiro atoms. The molecule has 0 aromatic carbocycles. The predicted molar refractivity (Wildman–Crippen MR) is 95.0 cm³/mol. The molecule has 0 atom stereocenters. The fraction of sp³-hybridized carbons (Fsp3) is 0.647. The largest absolute Gasteiger partial charge is 0.467 e. The Balaban J connectivity index is 0.00000288. The van der Waals surface area contributed by atoms with E-state index in [9.17, 15) is 9.59 Å². The number of halogens is 1. The Morgan fingerprint density at radius 1 is 1.33 bits per heavy atom. The van der Waals surface area contributed by atoms with Crippen molar-refractivity contribution in [1.82, 2.24) is 10.2 Å². The maximum absolute atomic E-state index is 12.4. The van der Waals surface area contributed by atoms with Gasteiger partial charge in [0.1, 0.15) is 12.0 Å². The number of rotatable bonds is 7. The normalized spacial score (nSPS) is 15.0. The maximum atomic E-state index is 12.4. The van der Waals surface area contributed by atoms with Crippen LogP contribution in [0.4, 0.5) is 0 Å². The van der Waals surface area contributed by atoms with E-state index in [-0.39, 0.29) is 36.7 Å². The summed E-state index contributed by atoms with van der Waals surface area (Å²) in [6, 6.07) is 1.69. The summed E-state index contributed by atoms with van der Waals surface area (Å²) in [5.41, 5.74) is 6.02. The Kier molecular flexibility index (Phi) is 8.85. The summed E-state index contributed by atoms with van der Waals surface area (Å²) < 4.78 is 5.21. The lowest BCUT2D eigenvalue weighted by molar-refractivity contribution is -0.126. The minimum atomic E-state index is -0.0461. The lowest BCUT2D eigenvalue weighted by Crippen LogP contribution is -2.43. The molecule has 136 valence electrons. The van der Waals surface area contributed by atoms with E-state index in [0.717, 1.165) is 25.8 Å². The van der Waals surface area contributed by atoms with Gasteiger partial charge in [0, 0.05) is 25.6 Å². The topological polar surface area (TPSA) is 88.6 Å². The van der Waals surface area contributed by atoms with Crippen molar-refractivity contribution in [3.8, 4) is 0 Å². The lowest BCUT2D eigenvalue weighted by atomic mass is 9.95. The molecule has 3 N–H and O–H groups in total. The van der Waals surface area contributed by atoms with Gasteiger partial charge in [0.05, 0.1) is 12.1 Å². The number of hydrogen-bond acceptors (Lipinski definition) is 4. The average Bonchev–Trinajstić information content (AvgIpc) is 3.07. The quantitative estimate of drug-likeness (QED) is 0.733. The van der Waals surface area contributed by atoms with E-state index in [1.807, 2.05) is 0 Å². The third kappa shape index (κ3) is 5.53. The van der Waals surface area contributed by atoms with Crippen molar-refractivity contribution in [2.75, 3.05) is 19.6 Å². The molecule has 0 unspecified atom stereocenters. The van der Waals surface area contributed by atoms with Gasteiger partial charge in [0.25, 0.3) is 5.91 Å². The van der Waals surface area contributed by atoms with Crippen molar-refractivity contribution in [2.45, 2.75) is 45.6 Å². The molecule has 1 aromatic rings. The predicted octanol–water partition coefficient (Wildman–Crippen LogP) is 2.32. The molecule has 0 saturated carbocycles. The summed E-state index contributed by atoms with van der Waals surface area (Å²) in [5, 5.41) is 3.00. The number of hydrogen-bond donors (Lipinski definition) is 2. The number of unbranched alkanes of at least 4 members (excludes halogenated alkanes) is 2. The summed E-state index contributed by atoms with van der Waals surface area (Å²) in [4.78, 5) is 26.3. The molecule has 1 aliphatic rings. The smallest absolute Gasteiger partial charge is 0.257 e. The molecule has 1 fully saturated rings. The van der Waals surface area contributed by atoms with Gasteiger partial charge in [-0.1, -0.05) is 19.8 Å². The Bertz CT molecular complexity index is 525. The number of nitrogens with zero attached hydrogens (tertiary/aromatic N) is 1. The molecule has 2 amide bonds. The number of furan rings is 1. The highest BCUT2D eigenvalue weighted by molar-refractivity contribution is 5.94. The van der Waals surface area contributed by atoms with Crippen LogP contribution in [0.3, 0.4) is 0 Å². The van der Waals surface area contributed by atoms with Gasteiger partial charge >= 0.3 is 0 Å². The summed E-state index contributed by atoms with van der Waals surface area (Å²) in [6.07, 6.45) is 6.21. The molecule has 0 bridgehead atoms. The van der Waals surface area contributed by atoms with E-state index in [0.29, 0.717) is 37.3 Å². The third-order valence-corrected chi connectivity index (χ3v) is 4.33. The van der Waals surface area contributed by atoms with Gasteiger partial charge < -0.3 is 20.4 Å². The molecule has 0 radical (unpaired) electrons. The second-order valence-corrected chi connectivity index (χ2v) is 6.07. The van der Waals surface area contributed by atoms with Crippen molar-refractivity contribution in [2.24, 2.45) is 11.7 Å². The molecule has 7 heteroatoms. The monoisotopic (exact) mass is 357 g/mol. The fourth-order valence-corrected chi connectivity index (χ4v) is 2.86. The Morgan fingerprint density at radius 3 is 2.62 bits per heavy atom. The highest BCUT2D eigenvalue weighted by Crippen LogP contribution is 2.20. The van der Waals surface area contributed by atoms with Crippen LogP contribution in [-0.4, -0.2) is 36.3 Å². The van der Waals surface area contributed by atoms with E-state index < -0.39 is 0 Å². The van der Waals surface area contributed by atoms with E-state index in [1.165, 1.54) is 6.26 Å². The van der Waals surface area contributed by atoms with E-state index in [1.54, 1.807) is 11.0 Å². The standard InChI is InChI=1S/C17H27N3O3.ClH/c1-2-3-4-7-19-16(21)13-5-8-20(9-6-13)17(22)14-10-15(11-18)23-12-14;/h10,12-13H,2-9,11,18H2,1H3,(H,19,21);1H. The highest BCUT2D eigenvalue weighted by atomic mass is 35.5. The fourth-order valence-electron chi connectivity index (χ4n) is 2.86. The molecule has 0 aliphatic carbocycles. The molecule has 24 heavy (non-hydrogen) atoms. The van der Waals surface area contributed by atoms with Crippen LogP contribution in [0.1, 0.15) is 55.1 Å². The van der Waals surface area contributed by atoms with Crippen LogP contribution in [0, 0.1) is 5.92 Å². The Morgan fingerprint density at radius 2 is 2.04 bits per heavy atom. The van der Waals surface area contributed by atoms with Gasteiger partial charge in [-0.2, -0.15) is 0 Å². The highest BCUT2D eigenvalue weighted by Gasteiger charge is 2.28. The first-order valence-corrected chi connectivity index (χ1v) is 8.50.